The number of hydrogen-bond donors (Lipinski definition) is 3. The molecule has 0 fully saturated rings. The lowest BCUT2D eigenvalue weighted by molar-refractivity contribution is 0.140. The van der Waals surface area contributed by atoms with E-state index in [1.165, 1.54) is 11.1 Å². The van der Waals surface area contributed by atoms with Crippen LogP contribution in [0, 0.1) is 0 Å². The van der Waals surface area contributed by atoms with E-state index >= 15 is 0 Å². The van der Waals surface area contributed by atoms with E-state index in [9.17, 15) is 13.5 Å². The van der Waals surface area contributed by atoms with Crippen LogP contribution in [0.1, 0.15) is 37.5 Å². The molecule has 0 radical (unpaired) electrons. The number of hydrogen-bond acceptors (Lipinski definition) is 5. The van der Waals surface area contributed by atoms with Gasteiger partial charge >= 0.3 is 0 Å². The van der Waals surface area contributed by atoms with E-state index in [1.54, 1.807) is 18.2 Å². The summed E-state index contributed by atoms with van der Waals surface area (Å²) in [5, 5.41) is 19.0. The Labute approximate surface area is 180 Å². The number of primary sulfonamides is 1. The zero-order chi connectivity index (χ0) is 22.1. The quantitative estimate of drug-likeness (QED) is 0.626. The van der Waals surface area contributed by atoms with Gasteiger partial charge in [0.1, 0.15) is 5.75 Å². The number of nitrogens with two attached hydrogens (primary N) is 1. The fraction of sp³-hybridized carbons (Fsp3) is 0.478. The van der Waals surface area contributed by atoms with E-state index in [-0.39, 0.29) is 16.4 Å². The monoisotopic (exact) mass is 431 g/mol. The molecule has 2 aromatic carbocycles. The van der Waals surface area contributed by atoms with Crippen molar-refractivity contribution < 1.29 is 13.5 Å². The Morgan fingerprint density at radius 3 is 2.47 bits per heavy atom. The van der Waals surface area contributed by atoms with E-state index in [0.29, 0.717) is 11.8 Å². The van der Waals surface area contributed by atoms with Crippen LogP contribution in [0.3, 0.4) is 0 Å². The lowest BCUT2D eigenvalue weighted by Gasteiger charge is -2.48. The molecule has 1 aliphatic rings. The Kier molecular flexibility index (Phi) is 6.57. The molecular formula is C23H33N3O3S. The van der Waals surface area contributed by atoms with Crippen molar-refractivity contribution in [1.29, 1.82) is 0 Å². The number of sulfonamides is 1. The SMILES string of the molecule is CCN(C)[C@@H]1Cc2ccc(O)cc2C(C)(C)[C@H]1NCCc1ccc(S(N)(=O)=O)cc1. The third-order valence-corrected chi connectivity index (χ3v) is 7.40. The van der Waals surface area contributed by atoms with Gasteiger partial charge in [0.25, 0.3) is 0 Å². The van der Waals surface area contributed by atoms with Crippen LogP contribution in [0.15, 0.2) is 47.4 Å². The van der Waals surface area contributed by atoms with Crippen LogP contribution in [0.2, 0.25) is 0 Å². The molecule has 0 saturated heterocycles. The van der Waals surface area contributed by atoms with E-state index in [4.69, 9.17) is 5.14 Å². The van der Waals surface area contributed by atoms with Gasteiger partial charge in [-0.3, -0.25) is 0 Å². The average Bonchev–Trinajstić information content (AvgIpc) is 2.69. The fourth-order valence-corrected chi connectivity index (χ4v) is 5.10. The van der Waals surface area contributed by atoms with E-state index in [2.05, 4.69) is 38.0 Å². The van der Waals surface area contributed by atoms with Crippen LogP contribution < -0.4 is 10.5 Å². The van der Waals surface area contributed by atoms with Crippen molar-refractivity contribution in [2.45, 2.75) is 56.0 Å². The standard InChI is InChI=1S/C23H33N3O3S/c1-5-26(4)21-14-17-8-9-18(27)15-20(17)23(2,3)22(21)25-13-12-16-6-10-19(11-7-16)30(24,28)29/h6-11,15,21-22,25,27H,5,12-14H2,1-4H3,(H2,24,28,29)/t21-,22+/m1/s1. The maximum atomic E-state index is 11.4. The smallest absolute Gasteiger partial charge is 0.238 e. The Morgan fingerprint density at radius 2 is 1.87 bits per heavy atom. The molecule has 0 heterocycles. The lowest BCUT2D eigenvalue weighted by atomic mass is 9.66. The van der Waals surface area contributed by atoms with Crippen molar-refractivity contribution in [3.8, 4) is 5.75 Å². The highest BCUT2D eigenvalue weighted by molar-refractivity contribution is 7.89. The van der Waals surface area contributed by atoms with Gasteiger partial charge in [-0.05, 0) is 73.9 Å². The maximum Gasteiger partial charge on any atom is 0.238 e. The summed E-state index contributed by atoms with van der Waals surface area (Å²) < 4.78 is 22.9. The number of benzene rings is 2. The molecule has 2 aromatic rings. The molecule has 2 atom stereocenters. The first kappa shape index (κ1) is 22.7. The first-order chi connectivity index (χ1) is 14.0. The van der Waals surface area contributed by atoms with Gasteiger partial charge in [-0.15, -0.1) is 0 Å². The molecule has 4 N–H and O–H groups in total. The summed E-state index contributed by atoms with van der Waals surface area (Å²) in [5.74, 6) is 0.304. The number of nitrogens with zero attached hydrogens (tertiary/aromatic N) is 1. The molecule has 1 aliphatic carbocycles. The molecule has 7 heteroatoms. The van der Waals surface area contributed by atoms with Crippen molar-refractivity contribution in [1.82, 2.24) is 10.2 Å². The largest absolute Gasteiger partial charge is 0.508 e. The number of phenols is 1. The topological polar surface area (TPSA) is 95.7 Å². The highest BCUT2D eigenvalue weighted by Gasteiger charge is 2.43. The minimum Gasteiger partial charge on any atom is -0.508 e. The second kappa shape index (κ2) is 8.67. The van der Waals surface area contributed by atoms with Crippen molar-refractivity contribution in [3.05, 3.63) is 59.2 Å². The summed E-state index contributed by atoms with van der Waals surface area (Å²) >= 11 is 0. The summed E-state index contributed by atoms with van der Waals surface area (Å²) in [6.07, 6.45) is 1.72. The maximum absolute atomic E-state index is 11.4. The van der Waals surface area contributed by atoms with Gasteiger partial charge in [-0.2, -0.15) is 0 Å². The van der Waals surface area contributed by atoms with E-state index < -0.39 is 10.0 Å². The minimum atomic E-state index is -3.67. The van der Waals surface area contributed by atoms with Gasteiger partial charge < -0.3 is 15.3 Å². The number of likely N-dealkylation sites (N-methyl/N-ethyl adjacent to an activating group) is 1. The molecule has 0 aliphatic heterocycles. The molecule has 0 amide bonds. The second-order valence-corrected chi connectivity index (χ2v) is 10.3. The molecular weight excluding hydrogens is 398 g/mol. The first-order valence-electron chi connectivity index (χ1n) is 10.4. The van der Waals surface area contributed by atoms with E-state index in [0.717, 1.165) is 31.5 Å². The van der Waals surface area contributed by atoms with Crippen molar-refractivity contribution in [2.75, 3.05) is 20.1 Å². The molecule has 0 bridgehead atoms. The summed E-state index contributed by atoms with van der Waals surface area (Å²) in [6, 6.07) is 13.0. The second-order valence-electron chi connectivity index (χ2n) is 8.78. The number of phenolic OH excluding ortho intramolecular Hbond substituents is 1. The third kappa shape index (κ3) is 4.70. The van der Waals surface area contributed by atoms with Gasteiger partial charge in [0.15, 0.2) is 0 Å². The zero-order valence-electron chi connectivity index (χ0n) is 18.2. The number of nitrogens with one attached hydrogen (secondary N) is 1. The van der Waals surface area contributed by atoms with Crippen molar-refractivity contribution >= 4 is 10.0 Å². The Bertz CT molecular complexity index is 987. The Balaban J connectivity index is 1.78. The number of fused-ring (bicyclic) bond motifs is 1. The predicted molar refractivity (Wildman–Crippen MR) is 120 cm³/mol. The number of rotatable bonds is 7. The highest BCUT2D eigenvalue weighted by Crippen LogP contribution is 2.40. The average molecular weight is 432 g/mol. The van der Waals surface area contributed by atoms with Crippen molar-refractivity contribution in [3.63, 3.8) is 0 Å². The zero-order valence-corrected chi connectivity index (χ0v) is 19.0. The first-order valence-corrected chi connectivity index (χ1v) is 12.0. The van der Waals surface area contributed by atoms with E-state index in [1.807, 2.05) is 24.3 Å². The lowest BCUT2D eigenvalue weighted by Crippen LogP contribution is -2.61. The third-order valence-electron chi connectivity index (χ3n) is 6.47. The molecule has 0 saturated carbocycles. The predicted octanol–water partition coefficient (Wildman–Crippen LogP) is 2.39. The minimum absolute atomic E-state index is 0.133. The van der Waals surface area contributed by atoms with Gasteiger partial charge in [0.2, 0.25) is 10.0 Å². The van der Waals surface area contributed by atoms with Crippen LogP contribution in [0.5, 0.6) is 5.75 Å². The number of aromatic hydroxyl groups is 1. The molecule has 0 aromatic heterocycles. The van der Waals surface area contributed by atoms with Crippen LogP contribution >= 0.6 is 0 Å². The normalized spacial score (nSPS) is 20.9. The van der Waals surface area contributed by atoms with Crippen LogP contribution in [-0.2, 0) is 28.3 Å². The molecule has 0 unspecified atom stereocenters. The molecule has 0 spiro atoms. The van der Waals surface area contributed by atoms with Gasteiger partial charge in [-0.1, -0.05) is 39.0 Å². The summed E-state index contributed by atoms with van der Waals surface area (Å²) in [7, 11) is -1.51. The summed E-state index contributed by atoms with van der Waals surface area (Å²) in [4.78, 5) is 2.52. The molecule has 164 valence electrons. The molecule has 6 nitrogen and oxygen atoms in total. The van der Waals surface area contributed by atoms with Crippen LogP contribution in [0.4, 0.5) is 0 Å². The Hall–Kier alpha value is -1.93. The highest BCUT2D eigenvalue weighted by atomic mass is 32.2. The van der Waals surface area contributed by atoms with Gasteiger partial charge in [-0.25, -0.2) is 13.6 Å². The Morgan fingerprint density at radius 1 is 1.20 bits per heavy atom. The summed E-state index contributed by atoms with van der Waals surface area (Å²) in [5.41, 5.74) is 3.39. The fourth-order valence-electron chi connectivity index (χ4n) is 4.59. The van der Waals surface area contributed by atoms with Crippen LogP contribution in [-0.4, -0.2) is 50.6 Å². The van der Waals surface area contributed by atoms with Crippen molar-refractivity contribution in [2.24, 2.45) is 5.14 Å². The van der Waals surface area contributed by atoms with Crippen LogP contribution in [0.25, 0.3) is 0 Å². The summed E-state index contributed by atoms with van der Waals surface area (Å²) in [6.45, 7) is 8.37. The van der Waals surface area contributed by atoms with Gasteiger partial charge in [0, 0.05) is 17.5 Å². The molecule has 3 rings (SSSR count). The molecule has 30 heavy (non-hydrogen) atoms. The van der Waals surface area contributed by atoms with Gasteiger partial charge in [0.05, 0.1) is 4.90 Å².